The summed E-state index contributed by atoms with van der Waals surface area (Å²) in [6.07, 6.45) is 6.81. The molecule has 5 heteroatoms. The molecule has 1 aromatic carbocycles. The Labute approximate surface area is 143 Å². The maximum absolute atomic E-state index is 11.4. The minimum atomic E-state index is -0.0495. The molecule has 0 heterocycles. The van der Waals surface area contributed by atoms with E-state index in [1.165, 1.54) is 39.0 Å². The van der Waals surface area contributed by atoms with E-state index in [1.54, 1.807) is 0 Å². The Bertz CT molecular complexity index is 499. The molecule has 1 aromatic rings. The van der Waals surface area contributed by atoms with Crippen LogP contribution >= 0.6 is 31.9 Å². The molecular formula is C16H22Br2N2O. The van der Waals surface area contributed by atoms with Crippen LogP contribution in [0.25, 0.3) is 0 Å². The van der Waals surface area contributed by atoms with Crippen molar-refractivity contribution in [1.29, 1.82) is 0 Å². The van der Waals surface area contributed by atoms with Crippen LogP contribution in [0, 0.1) is 5.92 Å². The smallest absolute Gasteiger partial charge is 0.221 e. The van der Waals surface area contributed by atoms with E-state index >= 15 is 0 Å². The third-order valence-corrected chi connectivity index (χ3v) is 4.99. The van der Waals surface area contributed by atoms with Crippen molar-refractivity contribution in [2.45, 2.75) is 45.6 Å². The fraction of sp³-hybridized carbons (Fsp3) is 0.562. The Balaban J connectivity index is 1.98. The van der Waals surface area contributed by atoms with Gasteiger partial charge in [0.15, 0.2) is 0 Å². The number of amides is 1. The van der Waals surface area contributed by atoms with Crippen molar-refractivity contribution < 1.29 is 4.79 Å². The standard InChI is InChI=1S/C16H22Br2N2O/c1-11(21)20-16-13(7-14(17)8-15(16)18)10-19-9-12-5-3-2-4-6-12/h7-8,12,19H,2-6,9-10H2,1H3,(H,20,21). The zero-order valence-corrected chi connectivity index (χ0v) is 15.5. The molecule has 0 aliphatic heterocycles. The number of rotatable bonds is 5. The summed E-state index contributed by atoms with van der Waals surface area (Å²) in [5.74, 6) is 0.755. The first kappa shape index (κ1) is 17.0. The highest BCUT2D eigenvalue weighted by Crippen LogP contribution is 2.31. The van der Waals surface area contributed by atoms with Crippen LogP contribution in [0.2, 0.25) is 0 Å². The highest BCUT2D eigenvalue weighted by Gasteiger charge is 2.14. The molecule has 1 amide bonds. The van der Waals surface area contributed by atoms with E-state index in [-0.39, 0.29) is 5.91 Å². The van der Waals surface area contributed by atoms with Crippen molar-refractivity contribution in [1.82, 2.24) is 5.32 Å². The van der Waals surface area contributed by atoms with E-state index in [4.69, 9.17) is 0 Å². The van der Waals surface area contributed by atoms with Crippen LogP contribution in [-0.4, -0.2) is 12.5 Å². The normalized spacial score (nSPS) is 16.0. The third kappa shape index (κ3) is 5.38. The second kappa shape index (κ2) is 8.30. The van der Waals surface area contributed by atoms with Gasteiger partial charge in [-0.05, 0) is 58.9 Å². The molecule has 0 unspecified atom stereocenters. The van der Waals surface area contributed by atoms with Gasteiger partial charge in [0, 0.05) is 22.4 Å². The van der Waals surface area contributed by atoms with Gasteiger partial charge < -0.3 is 10.6 Å². The first-order valence-corrected chi connectivity index (χ1v) is 9.11. The lowest BCUT2D eigenvalue weighted by atomic mass is 9.89. The van der Waals surface area contributed by atoms with Crippen LogP contribution in [0.3, 0.4) is 0 Å². The van der Waals surface area contributed by atoms with Gasteiger partial charge in [0.2, 0.25) is 5.91 Å². The van der Waals surface area contributed by atoms with Crippen LogP contribution in [-0.2, 0) is 11.3 Å². The number of carbonyl (C=O) groups is 1. The van der Waals surface area contributed by atoms with Gasteiger partial charge in [-0.3, -0.25) is 4.79 Å². The Morgan fingerprint density at radius 2 is 1.95 bits per heavy atom. The Morgan fingerprint density at radius 1 is 1.24 bits per heavy atom. The maximum Gasteiger partial charge on any atom is 0.221 e. The van der Waals surface area contributed by atoms with E-state index in [0.717, 1.165) is 39.2 Å². The van der Waals surface area contributed by atoms with Crippen molar-refractivity contribution in [3.05, 3.63) is 26.6 Å². The van der Waals surface area contributed by atoms with Crippen molar-refractivity contribution in [3.63, 3.8) is 0 Å². The van der Waals surface area contributed by atoms with Gasteiger partial charge in [0.1, 0.15) is 0 Å². The number of hydrogen-bond acceptors (Lipinski definition) is 2. The molecule has 1 fully saturated rings. The summed E-state index contributed by atoms with van der Waals surface area (Å²) in [4.78, 5) is 11.4. The van der Waals surface area contributed by atoms with Crippen LogP contribution in [0.15, 0.2) is 21.1 Å². The molecular weight excluding hydrogens is 396 g/mol. The molecule has 0 atom stereocenters. The molecule has 0 radical (unpaired) electrons. The topological polar surface area (TPSA) is 41.1 Å². The highest BCUT2D eigenvalue weighted by atomic mass is 79.9. The van der Waals surface area contributed by atoms with Crippen molar-refractivity contribution >= 4 is 43.5 Å². The first-order valence-electron chi connectivity index (χ1n) is 7.52. The van der Waals surface area contributed by atoms with E-state index in [0.29, 0.717) is 0 Å². The summed E-state index contributed by atoms with van der Waals surface area (Å²) in [5, 5.41) is 6.46. The van der Waals surface area contributed by atoms with Gasteiger partial charge in [0.25, 0.3) is 0 Å². The monoisotopic (exact) mass is 416 g/mol. The molecule has 2 rings (SSSR count). The first-order chi connectivity index (χ1) is 10.1. The lowest BCUT2D eigenvalue weighted by Crippen LogP contribution is -2.24. The molecule has 0 aromatic heterocycles. The second-order valence-electron chi connectivity index (χ2n) is 5.74. The molecule has 1 aliphatic rings. The predicted octanol–water partition coefficient (Wildman–Crippen LogP) is 4.84. The van der Waals surface area contributed by atoms with Crippen molar-refractivity contribution in [2.75, 3.05) is 11.9 Å². The number of carbonyl (C=O) groups excluding carboxylic acids is 1. The molecule has 3 nitrogen and oxygen atoms in total. The predicted molar refractivity (Wildman–Crippen MR) is 94.4 cm³/mol. The lowest BCUT2D eigenvalue weighted by molar-refractivity contribution is -0.114. The molecule has 0 spiro atoms. The van der Waals surface area contributed by atoms with E-state index < -0.39 is 0 Å². The maximum atomic E-state index is 11.4. The summed E-state index contributed by atoms with van der Waals surface area (Å²) < 4.78 is 1.92. The number of nitrogens with one attached hydrogen (secondary N) is 2. The third-order valence-electron chi connectivity index (χ3n) is 3.91. The highest BCUT2D eigenvalue weighted by molar-refractivity contribution is 9.11. The van der Waals surface area contributed by atoms with Gasteiger partial charge in [-0.1, -0.05) is 35.2 Å². The SMILES string of the molecule is CC(=O)Nc1c(Br)cc(Br)cc1CNCC1CCCCC1. The Kier molecular flexibility index (Phi) is 6.71. The van der Waals surface area contributed by atoms with Crippen LogP contribution in [0.1, 0.15) is 44.6 Å². The molecule has 1 saturated carbocycles. The number of halogens is 2. The number of hydrogen-bond donors (Lipinski definition) is 2. The minimum absolute atomic E-state index is 0.0495. The number of anilines is 1. The zero-order valence-electron chi connectivity index (χ0n) is 12.3. The van der Waals surface area contributed by atoms with Gasteiger partial charge in [0.05, 0.1) is 5.69 Å². The molecule has 21 heavy (non-hydrogen) atoms. The fourth-order valence-corrected chi connectivity index (χ4v) is 4.30. The summed E-state index contributed by atoms with van der Waals surface area (Å²) >= 11 is 7.03. The largest absolute Gasteiger partial charge is 0.325 e. The summed E-state index contributed by atoms with van der Waals surface area (Å²) in [6.45, 7) is 3.36. The quantitative estimate of drug-likeness (QED) is 0.719. The van der Waals surface area contributed by atoms with Gasteiger partial charge in [-0.25, -0.2) is 0 Å². The van der Waals surface area contributed by atoms with Crippen molar-refractivity contribution in [3.8, 4) is 0 Å². The number of benzene rings is 1. The molecule has 1 aliphatic carbocycles. The van der Waals surface area contributed by atoms with Crippen LogP contribution < -0.4 is 10.6 Å². The van der Waals surface area contributed by atoms with Gasteiger partial charge in [-0.2, -0.15) is 0 Å². The van der Waals surface area contributed by atoms with Crippen LogP contribution in [0.4, 0.5) is 5.69 Å². The summed E-state index contributed by atoms with van der Waals surface area (Å²) in [7, 11) is 0. The van der Waals surface area contributed by atoms with Crippen molar-refractivity contribution in [2.24, 2.45) is 5.92 Å². The van der Waals surface area contributed by atoms with Crippen LogP contribution in [0.5, 0.6) is 0 Å². The Morgan fingerprint density at radius 3 is 2.62 bits per heavy atom. The minimum Gasteiger partial charge on any atom is -0.325 e. The fourth-order valence-electron chi connectivity index (χ4n) is 2.88. The Hall–Kier alpha value is -0.390. The average Bonchev–Trinajstić information content (AvgIpc) is 2.43. The van der Waals surface area contributed by atoms with Gasteiger partial charge >= 0.3 is 0 Å². The molecule has 116 valence electrons. The average molecular weight is 418 g/mol. The zero-order chi connectivity index (χ0) is 15.2. The molecule has 2 N–H and O–H groups in total. The summed E-state index contributed by atoms with van der Waals surface area (Å²) in [6, 6.07) is 4.01. The lowest BCUT2D eigenvalue weighted by Gasteiger charge is -2.22. The molecule has 0 bridgehead atoms. The summed E-state index contributed by atoms with van der Waals surface area (Å²) in [5.41, 5.74) is 1.96. The van der Waals surface area contributed by atoms with E-state index in [2.05, 4.69) is 48.6 Å². The molecule has 0 saturated heterocycles. The van der Waals surface area contributed by atoms with E-state index in [1.807, 2.05) is 6.07 Å². The van der Waals surface area contributed by atoms with Gasteiger partial charge in [-0.15, -0.1) is 0 Å². The second-order valence-corrected chi connectivity index (χ2v) is 7.51. The van der Waals surface area contributed by atoms with E-state index in [9.17, 15) is 4.79 Å².